The molecule has 2 rings (SSSR count). The van der Waals surface area contributed by atoms with Gasteiger partial charge in [-0.1, -0.05) is 31.7 Å². The lowest BCUT2D eigenvalue weighted by molar-refractivity contribution is -0.116. The van der Waals surface area contributed by atoms with Crippen LogP contribution in [0.3, 0.4) is 0 Å². The van der Waals surface area contributed by atoms with E-state index in [1.165, 1.54) is 23.6 Å². The van der Waals surface area contributed by atoms with Crippen LogP contribution in [0.15, 0.2) is 18.2 Å². The Morgan fingerprint density at radius 2 is 2.14 bits per heavy atom. The fraction of sp³-hybridized carbons (Fsp3) is 0.438. The lowest BCUT2D eigenvalue weighted by atomic mass is 9.99. The highest BCUT2D eigenvalue weighted by Crippen LogP contribution is 2.35. The van der Waals surface area contributed by atoms with E-state index < -0.39 is 0 Å². The molecule has 2 amide bonds. The molecule has 0 bridgehead atoms. The number of carbonyl (C=O) groups is 2. The largest absolute Gasteiger partial charge is 0.313 e. The molecule has 1 N–H and O–H groups in total. The molecule has 1 aliphatic rings. The first-order chi connectivity index (χ1) is 10.4. The highest BCUT2D eigenvalue weighted by molar-refractivity contribution is 8.15. The molecule has 1 fully saturated rings. The van der Waals surface area contributed by atoms with E-state index in [9.17, 15) is 9.59 Å². The average molecular weight is 319 g/mol. The molecule has 0 unspecified atom stereocenters. The van der Waals surface area contributed by atoms with E-state index >= 15 is 0 Å². The number of nitrogens with zero attached hydrogens (tertiary/aromatic N) is 2. The van der Waals surface area contributed by atoms with E-state index in [1.807, 2.05) is 25.1 Å². The lowest BCUT2D eigenvalue weighted by Gasteiger charge is -2.25. The number of nitrogens with one attached hydrogen (secondary N) is 1. The van der Waals surface area contributed by atoms with Gasteiger partial charge >= 0.3 is 0 Å². The summed E-state index contributed by atoms with van der Waals surface area (Å²) in [4.78, 5) is 27.0. The predicted octanol–water partition coefficient (Wildman–Crippen LogP) is 3.20. The fourth-order valence-electron chi connectivity index (χ4n) is 2.59. The number of hydrogen-bond acceptors (Lipinski definition) is 4. The second kappa shape index (κ2) is 6.52. The molecule has 1 aromatic carbocycles. The number of thioether (sulfide) groups is 1. The van der Waals surface area contributed by atoms with Crippen molar-refractivity contribution in [2.24, 2.45) is 0 Å². The zero-order chi connectivity index (χ0) is 16.4. The van der Waals surface area contributed by atoms with E-state index in [0.717, 1.165) is 11.3 Å². The summed E-state index contributed by atoms with van der Waals surface area (Å²) in [6.07, 6.45) is 0. The molecule has 118 valence electrons. The summed E-state index contributed by atoms with van der Waals surface area (Å²) in [5.41, 5.74) is 2.48. The van der Waals surface area contributed by atoms with Crippen LogP contribution in [0, 0.1) is 5.41 Å². The number of benzene rings is 1. The smallest absolute Gasteiger partial charge is 0.243 e. The maximum absolute atomic E-state index is 12.1. The Morgan fingerprint density at radius 1 is 1.45 bits per heavy atom. The standard InChI is InChI=1S/C16H21N3O2S/c1-5-18(11(4)20)12-6-7-13(10(2)3)14(8-12)19-15(21)9-22-16(19)17/h6-8,10,17H,5,9H2,1-4H3. The van der Waals surface area contributed by atoms with Crippen LogP contribution in [-0.4, -0.2) is 29.3 Å². The first-order valence-electron chi connectivity index (χ1n) is 7.33. The van der Waals surface area contributed by atoms with Gasteiger partial charge in [-0.3, -0.25) is 19.9 Å². The van der Waals surface area contributed by atoms with Crippen molar-refractivity contribution in [2.45, 2.75) is 33.6 Å². The van der Waals surface area contributed by atoms with Crippen molar-refractivity contribution in [3.8, 4) is 0 Å². The van der Waals surface area contributed by atoms with E-state index in [2.05, 4.69) is 13.8 Å². The normalized spacial score (nSPS) is 14.9. The molecule has 5 nitrogen and oxygen atoms in total. The minimum Gasteiger partial charge on any atom is -0.313 e. The number of amidine groups is 1. The molecule has 0 atom stereocenters. The quantitative estimate of drug-likeness (QED) is 0.927. The van der Waals surface area contributed by atoms with Crippen LogP contribution in [0.25, 0.3) is 0 Å². The minimum absolute atomic E-state index is 0.0389. The number of hydrogen-bond donors (Lipinski definition) is 1. The fourth-order valence-corrected chi connectivity index (χ4v) is 3.30. The number of amides is 2. The molecule has 0 aromatic heterocycles. The second-order valence-electron chi connectivity index (χ2n) is 5.48. The van der Waals surface area contributed by atoms with E-state index in [-0.39, 0.29) is 22.9 Å². The van der Waals surface area contributed by atoms with Gasteiger partial charge in [-0.15, -0.1) is 0 Å². The van der Waals surface area contributed by atoms with Gasteiger partial charge in [-0.25, -0.2) is 0 Å². The molecule has 1 aliphatic heterocycles. The van der Waals surface area contributed by atoms with Crippen molar-refractivity contribution in [3.63, 3.8) is 0 Å². The summed E-state index contributed by atoms with van der Waals surface area (Å²) < 4.78 is 0. The zero-order valence-electron chi connectivity index (χ0n) is 13.3. The van der Waals surface area contributed by atoms with Crippen LogP contribution >= 0.6 is 11.8 Å². The summed E-state index contributed by atoms with van der Waals surface area (Å²) >= 11 is 1.23. The average Bonchev–Trinajstić information content (AvgIpc) is 2.78. The maximum Gasteiger partial charge on any atom is 0.243 e. The monoisotopic (exact) mass is 319 g/mol. The van der Waals surface area contributed by atoms with Gasteiger partial charge in [0.2, 0.25) is 11.8 Å². The predicted molar refractivity (Wildman–Crippen MR) is 91.9 cm³/mol. The molecule has 22 heavy (non-hydrogen) atoms. The van der Waals surface area contributed by atoms with Crippen LogP contribution in [0.5, 0.6) is 0 Å². The summed E-state index contributed by atoms with van der Waals surface area (Å²) in [5, 5.41) is 8.25. The summed E-state index contributed by atoms with van der Waals surface area (Å²) in [6, 6.07) is 5.70. The van der Waals surface area contributed by atoms with Gasteiger partial charge in [-0.2, -0.15) is 0 Å². The van der Waals surface area contributed by atoms with Crippen molar-refractivity contribution in [1.82, 2.24) is 0 Å². The Hall–Kier alpha value is -1.82. The van der Waals surface area contributed by atoms with Crippen molar-refractivity contribution < 1.29 is 9.59 Å². The van der Waals surface area contributed by atoms with Crippen LogP contribution < -0.4 is 9.80 Å². The van der Waals surface area contributed by atoms with Gasteiger partial charge in [0.25, 0.3) is 0 Å². The number of rotatable bonds is 4. The van der Waals surface area contributed by atoms with E-state index in [0.29, 0.717) is 18.0 Å². The summed E-state index contributed by atoms with van der Waals surface area (Å²) in [6.45, 7) is 8.11. The maximum atomic E-state index is 12.1. The topological polar surface area (TPSA) is 64.5 Å². The zero-order valence-corrected chi connectivity index (χ0v) is 14.2. The molecule has 0 saturated carbocycles. The van der Waals surface area contributed by atoms with Gasteiger partial charge in [0, 0.05) is 19.2 Å². The molecule has 0 spiro atoms. The minimum atomic E-state index is -0.0834. The Morgan fingerprint density at radius 3 is 2.59 bits per heavy atom. The van der Waals surface area contributed by atoms with E-state index in [1.54, 1.807) is 4.90 Å². The SMILES string of the molecule is CCN(C(C)=O)c1ccc(C(C)C)c(N2C(=N)SCC2=O)c1. The molecule has 0 aliphatic carbocycles. The Kier molecular flexibility index (Phi) is 4.90. The lowest BCUT2D eigenvalue weighted by Crippen LogP contribution is -2.31. The first-order valence-corrected chi connectivity index (χ1v) is 8.31. The van der Waals surface area contributed by atoms with Gasteiger partial charge in [0.1, 0.15) is 0 Å². The van der Waals surface area contributed by atoms with Gasteiger partial charge in [-0.05, 0) is 30.5 Å². The third kappa shape index (κ3) is 3.02. The molecule has 1 heterocycles. The van der Waals surface area contributed by atoms with Crippen LogP contribution in [0.2, 0.25) is 0 Å². The van der Waals surface area contributed by atoms with Crippen molar-refractivity contribution in [3.05, 3.63) is 23.8 Å². The molecule has 0 radical (unpaired) electrons. The van der Waals surface area contributed by atoms with Gasteiger partial charge < -0.3 is 4.90 Å². The van der Waals surface area contributed by atoms with Crippen molar-refractivity contribution in [2.75, 3.05) is 22.1 Å². The summed E-state index contributed by atoms with van der Waals surface area (Å²) in [5.74, 6) is 0.399. The van der Waals surface area contributed by atoms with Gasteiger partial charge in [0.05, 0.1) is 11.4 Å². The Labute approximate surface area is 135 Å². The van der Waals surface area contributed by atoms with Gasteiger partial charge in [0.15, 0.2) is 5.17 Å². The van der Waals surface area contributed by atoms with Crippen LogP contribution in [-0.2, 0) is 9.59 Å². The number of carbonyl (C=O) groups excluding carboxylic acids is 2. The highest BCUT2D eigenvalue weighted by Gasteiger charge is 2.31. The van der Waals surface area contributed by atoms with Crippen LogP contribution in [0.1, 0.15) is 39.2 Å². The molecule has 6 heteroatoms. The van der Waals surface area contributed by atoms with E-state index in [4.69, 9.17) is 5.41 Å². The molecule has 1 aromatic rings. The highest BCUT2D eigenvalue weighted by atomic mass is 32.2. The van der Waals surface area contributed by atoms with Crippen LogP contribution in [0.4, 0.5) is 11.4 Å². The number of anilines is 2. The Bertz CT molecular complexity index is 612. The van der Waals surface area contributed by atoms with Crippen molar-refractivity contribution >= 4 is 40.1 Å². The Balaban J connectivity index is 2.56. The molecular weight excluding hydrogens is 298 g/mol. The third-order valence-electron chi connectivity index (χ3n) is 3.67. The second-order valence-corrected chi connectivity index (χ2v) is 6.45. The summed E-state index contributed by atoms with van der Waals surface area (Å²) in [7, 11) is 0. The molecule has 1 saturated heterocycles. The first kappa shape index (κ1) is 16.5. The third-order valence-corrected chi connectivity index (χ3v) is 4.52. The molecular formula is C16H21N3O2S. The van der Waals surface area contributed by atoms with Crippen molar-refractivity contribution in [1.29, 1.82) is 5.41 Å².